The van der Waals surface area contributed by atoms with Crippen LogP contribution < -0.4 is 14.8 Å². The highest BCUT2D eigenvalue weighted by Gasteiger charge is 2.17. The zero-order valence-corrected chi connectivity index (χ0v) is 14.8. The molecular formula is C19H22ClNO3. The number of halogens is 1. The second-order valence-electron chi connectivity index (χ2n) is 5.70. The van der Waals surface area contributed by atoms with Gasteiger partial charge in [0, 0.05) is 5.02 Å². The Kier molecular flexibility index (Phi) is 6.50. The van der Waals surface area contributed by atoms with Gasteiger partial charge in [0.15, 0.2) is 6.10 Å². The maximum atomic E-state index is 12.2. The van der Waals surface area contributed by atoms with Crippen molar-refractivity contribution in [3.63, 3.8) is 0 Å². The number of amides is 1. The molecule has 0 saturated carbocycles. The molecule has 2 aromatic carbocycles. The van der Waals surface area contributed by atoms with Gasteiger partial charge in [0.25, 0.3) is 5.91 Å². The second kappa shape index (κ2) is 8.60. The summed E-state index contributed by atoms with van der Waals surface area (Å²) in [6, 6.07) is 14.6. The molecule has 0 radical (unpaired) electrons. The van der Waals surface area contributed by atoms with Crippen LogP contribution in [0.2, 0.25) is 5.02 Å². The number of carbonyl (C=O) groups excluding carboxylic acids is 1. The standard InChI is InChI=1S/C19H22ClNO3/c1-13-7-4-5-10-18(13)23-12-14(2)21-19(22)15(3)24-17-9-6-8-16(20)11-17/h4-11,14-15H,12H2,1-3H3,(H,21,22)/t14-,15-/m0/s1. The van der Waals surface area contributed by atoms with Gasteiger partial charge < -0.3 is 14.8 Å². The number of benzene rings is 2. The molecule has 0 fully saturated rings. The summed E-state index contributed by atoms with van der Waals surface area (Å²) in [7, 11) is 0. The van der Waals surface area contributed by atoms with Crippen molar-refractivity contribution in [2.45, 2.75) is 32.9 Å². The van der Waals surface area contributed by atoms with E-state index in [2.05, 4.69) is 5.32 Å². The average molecular weight is 348 g/mol. The van der Waals surface area contributed by atoms with Gasteiger partial charge in [-0.3, -0.25) is 4.79 Å². The predicted octanol–water partition coefficient (Wildman–Crippen LogP) is 4.00. The first kappa shape index (κ1) is 18.1. The van der Waals surface area contributed by atoms with Crippen molar-refractivity contribution in [2.75, 3.05) is 6.61 Å². The summed E-state index contributed by atoms with van der Waals surface area (Å²) in [4.78, 5) is 12.2. The van der Waals surface area contributed by atoms with Crippen LogP contribution in [0.4, 0.5) is 0 Å². The molecule has 4 nitrogen and oxygen atoms in total. The van der Waals surface area contributed by atoms with E-state index in [0.717, 1.165) is 11.3 Å². The maximum absolute atomic E-state index is 12.2. The highest BCUT2D eigenvalue weighted by atomic mass is 35.5. The van der Waals surface area contributed by atoms with Crippen molar-refractivity contribution in [3.05, 3.63) is 59.1 Å². The van der Waals surface area contributed by atoms with Crippen LogP contribution in [0.3, 0.4) is 0 Å². The van der Waals surface area contributed by atoms with Crippen LogP contribution in [-0.2, 0) is 4.79 Å². The molecule has 0 bridgehead atoms. The fourth-order valence-corrected chi connectivity index (χ4v) is 2.31. The summed E-state index contributed by atoms with van der Waals surface area (Å²) in [6.45, 7) is 5.97. The monoisotopic (exact) mass is 347 g/mol. The second-order valence-corrected chi connectivity index (χ2v) is 6.14. The molecule has 0 aromatic heterocycles. The molecule has 5 heteroatoms. The molecular weight excluding hydrogens is 326 g/mol. The van der Waals surface area contributed by atoms with Gasteiger partial charge >= 0.3 is 0 Å². The highest BCUT2D eigenvalue weighted by Crippen LogP contribution is 2.18. The molecule has 0 spiro atoms. The molecule has 2 rings (SSSR count). The van der Waals surface area contributed by atoms with Gasteiger partial charge in [-0.05, 0) is 50.6 Å². The number of nitrogens with one attached hydrogen (secondary N) is 1. The minimum absolute atomic E-state index is 0.137. The van der Waals surface area contributed by atoms with E-state index in [1.165, 1.54) is 0 Å². The zero-order chi connectivity index (χ0) is 17.5. The van der Waals surface area contributed by atoms with Gasteiger partial charge in [0.1, 0.15) is 18.1 Å². The van der Waals surface area contributed by atoms with E-state index < -0.39 is 6.10 Å². The van der Waals surface area contributed by atoms with Crippen LogP contribution >= 0.6 is 11.6 Å². The first-order chi connectivity index (χ1) is 11.5. The fourth-order valence-electron chi connectivity index (χ4n) is 2.13. The van der Waals surface area contributed by atoms with Crippen molar-refractivity contribution in [2.24, 2.45) is 0 Å². The molecule has 2 aromatic rings. The third-order valence-corrected chi connectivity index (χ3v) is 3.68. The third kappa shape index (κ3) is 5.46. The van der Waals surface area contributed by atoms with Crippen molar-refractivity contribution in [1.29, 1.82) is 0 Å². The van der Waals surface area contributed by atoms with Crippen LogP contribution in [0, 0.1) is 6.92 Å². The molecule has 1 N–H and O–H groups in total. The van der Waals surface area contributed by atoms with E-state index in [4.69, 9.17) is 21.1 Å². The van der Waals surface area contributed by atoms with Crippen LogP contribution in [0.5, 0.6) is 11.5 Å². The smallest absolute Gasteiger partial charge is 0.261 e. The molecule has 0 saturated heterocycles. The van der Waals surface area contributed by atoms with E-state index in [1.807, 2.05) is 38.1 Å². The number of rotatable bonds is 7. The van der Waals surface area contributed by atoms with E-state index in [-0.39, 0.29) is 11.9 Å². The minimum Gasteiger partial charge on any atom is -0.491 e. The van der Waals surface area contributed by atoms with Crippen molar-refractivity contribution >= 4 is 17.5 Å². The summed E-state index contributed by atoms with van der Waals surface area (Å²) in [6.07, 6.45) is -0.621. The average Bonchev–Trinajstić information content (AvgIpc) is 2.54. The van der Waals surface area contributed by atoms with Crippen molar-refractivity contribution in [3.8, 4) is 11.5 Å². The highest BCUT2D eigenvalue weighted by molar-refractivity contribution is 6.30. The summed E-state index contributed by atoms with van der Waals surface area (Å²) < 4.78 is 11.3. The maximum Gasteiger partial charge on any atom is 0.261 e. The lowest BCUT2D eigenvalue weighted by Gasteiger charge is -2.19. The Morgan fingerprint density at radius 3 is 2.62 bits per heavy atom. The molecule has 0 aliphatic rings. The minimum atomic E-state index is -0.621. The number of ether oxygens (including phenoxy) is 2. The Bertz CT molecular complexity index is 690. The van der Waals surface area contributed by atoms with Gasteiger partial charge in [-0.15, -0.1) is 0 Å². The lowest BCUT2D eigenvalue weighted by molar-refractivity contribution is -0.128. The van der Waals surface area contributed by atoms with E-state index in [0.29, 0.717) is 17.4 Å². The zero-order valence-electron chi connectivity index (χ0n) is 14.1. The number of para-hydroxylation sites is 1. The quantitative estimate of drug-likeness (QED) is 0.823. The Morgan fingerprint density at radius 1 is 1.17 bits per heavy atom. The van der Waals surface area contributed by atoms with Gasteiger partial charge in [-0.2, -0.15) is 0 Å². The Hall–Kier alpha value is -2.20. The van der Waals surface area contributed by atoms with Crippen molar-refractivity contribution < 1.29 is 14.3 Å². The molecule has 0 aliphatic heterocycles. The molecule has 0 heterocycles. The Morgan fingerprint density at radius 2 is 1.92 bits per heavy atom. The lowest BCUT2D eigenvalue weighted by atomic mass is 10.2. The lowest BCUT2D eigenvalue weighted by Crippen LogP contribution is -2.43. The molecule has 1 amide bonds. The first-order valence-corrected chi connectivity index (χ1v) is 8.24. The van der Waals surface area contributed by atoms with Crippen LogP contribution in [0.25, 0.3) is 0 Å². The van der Waals surface area contributed by atoms with Gasteiger partial charge in [0.05, 0.1) is 6.04 Å². The van der Waals surface area contributed by atoms with Gasteiger partial charge in [-0.25, -0.2) is 0 Å². The summed E-state index contributed by atoms with van der Waals surface area (Å²) in [5.41, 5.74) is 1.06. The number of carbonyl (C=O) groups is 1. The normalized spacial score (nSPS) is 13.0. The van der Waals surface area contributed by atoms with Crippen LogP contribution in [-0.4, -0.2) is 24.7 Å². The van der Waals surface area contributed by atoms with Crippen LogP contribution in [0.15, 0.2) is 48.5 Å². The Labute approximate surface area is 147 Å². The third-order valence-electron chi connectivity index (χ3n) is 3.45. The predicted molar refractivity (Wildman–Crippen MR) is 95.8 cm³/mol. The molecule has 24 heavy (non-hydrogen) atoms. The molecule has 128 valence electrons. The summed E-state index contributed by atoms with van der Waals surface area (Å²) in [5.74, 6) is 1.19. The molecule has 2 atom stereocenters. The number of hydrogen-bond donors (Lipinski definition) is 1. The Balaban J connectivity index is 1.81. The van der Waals surface area contributed by atoms with E-state index in [9.17, 15) is 4.79 Å². The van der Waals surface area contributed by atoms with E-state index >= 15 is 0 Å². The largest absolute Gasteiger partial charge is 0.491 e. The topological polar surface area (TPSA) is 47.6 Å². The molecule has 0 aliphatic carbocycles. The van der Waals surface area contributed by atoms with Gasteiger partial charge in [0.2, 0.25) is 0 Å². The SMILES string of the molecule is Cc1ccccc1OC[C@H](C)NC(=O)[C@H](C)Oc1cccc(Cl)c1. The van der Waals surface area contributed by atoms with Gasteiger partial charge in [-0.1, -0.05) is 35.9 Å². The molecule has 0 unspecified atom stereocenters. The fraction of sp³-hybridized carbons (Fsp3) is 0.316. The number of aryl methyl sites for hydroxylation is 1. The van der Waals surface area contributed by atoms with Crippen LogP contribution in [0.1, 0.15) is 19.4 Å². The summed E-state index contributed by atoms with van der Waals surface area (Å²) in [5, 5.41) is 3.45. The van der Waals surface area contributed by atoms with Crippen molar-refractivity contribution in [1.82, 2.24) is 5.32 Å². The summed E-state index contributed by atoms with van der Waals surface area (Å²) >= 11 is 5.91. The first-order valence-electron chi connectivity index (χ1n) is 7.86. The van der Waals surface area contributed by atoms with E-state index in [1.54, 1.807) is 31.2 Å². The number of hydrogen-bond acceptors (Lipinski definition) is 3.